The van der Waals surface area contributed by atoms with E-state index in [1.807, 2.05) is 0 Å². The van der Waals surface area contributed by atoms with Crippen LogP contribution in [0.15, 0.2) is 24.3 Å². The number of nitrogens with one attached hydrogen (secondary N) is 1. The molecule has 3 rings (SSSR count). The molecule has 1 aliphatic carbocycles. The normalized spacial score (nSPS) is 24.5. The maximum absolute atomic E-state index is 10.8. The zero-order chi connectivity index (χ0) is 15.4. The van der Waals surface area contributed by atoms with E-state index < -0.39 is 5.60 Å². The monoisotopic (exact) mass is 374 g/mol. The van der Waals surface area contributed by atoms with Crippen LogP contribution in [0.4, 0.5) is 0 Å². The van der Waals surface area contributed by atoms with E-state index in [0.29, 0.717) is 6.04 Å². The Morgan fingerprint density at radius 1 is 1.21 bits per heavy atom. The predicted molar refractivity (Wildman–Crippen MR) is 105 cm³/mol. The minimum absolute atomic E-state index is 0. The van der Waals surface area contributed by atoms with E-state index in [2.05, 4.69) is 41.4 Å². The number of aliphatic hydroxyl groups is 1. The first-order valence-corrected chi connectivity index (χ1v) is 8.87. The van der Waals surface area contributed by atoms with Crippen LogP contribution in [-0.4, -0.2) is 41.3 Å². The van der Waals surface area contributed by atoms with Gasteiger partial charge in [0.2, 0.25) is 0 Å². The molecule has 2 N–H and O–H groups in total. The minimum atomic E-state index is -0.540. The lowest BCUT2D eigenvalue weighted by atomic mass is 9.92. The van der Waals surface area contributed by atoms with E-state index in [-0.39, 0.29) is 24.8 Å². The van der Waals surface area contributed by atoms with Gasteiger partial charge in [-0.3, -0.25) is 4.90 Å². The van der Waals surface area contributed by atoms with Gasteiger partial charge in [-0.15, -0.1) is 24.8 Å². The van der Waals surface area contributed by atoms with Crippen molar-refractivity contribution in [1.29, 1.82) is 0 Å². The van der Waals surface area contributed by atoms with Crippen LogP contribution in [-0.2, 0) is 6.54 Å². The molecule has 1 aromatic rings. The Hall–Kier alpha value is -0.320. The summed E-state index contributed by atoms with van der Waals surface area (Å²) >= 11 is 0. The van der Waals surface area contributed by atoms with E-state index in [4.69, 9.17) is 0 Å². The summed E-state index contributed by atoms with van der Waals surface area (Å²) < 4.78 is 0. The van der Waals surface area contributed by atoms with Crippen LogP contribution in [0.1, 0.15) is 49.7 Å². The highest BCUT2D eigenvalue weighted by atomic mass is 35.5. The Kier molecular flexibility index (Phi) is 9.03. The third-order valence-electron chi connectivity index (χ3n) is 5.28. The van der Waals surface area contributed by atoms with Crippen molar-refractivity contribution in [2.45, 2.75) is 63.6 Å². The van der Waals surface area contributed by atoms with Crippen molar-refractivity contribution < 1.29 is 5.11 Å². The van der Waals surface area contributed by atoms with Gasteiger partial charge in [0.1, 0.15) is 0 Å². The Labute approximate surface area is 159 Å². The highest BCUT2D eigenvalue weighted by Crippen LogP contribution is 2.27. The number of nitrogens with zero attached hydrogens (tertiary/aromatic N) is 1. The molecule has 1 atom stereocenters. The molecule has 3 nitrogen and oxygen atoms in total. The number of hydrogen-bond donors (Lipinski definition) is 2. The first kappa shape index (κ1) is 21.7. The van der Waals surface area contributed by atoms with E-state index in [1.54, 1.807) is 0 Å². The summed E-state index contributed by atoms with van der Waals surface area (Å²) in [7, 11) is 0. The second-order valence-electron chi connectivity index (χ2n) is 7.34. The lowest BCUT2D eigenvalue weighted by molar-refractivity contribution is -0.00244. The molecular weight excluding hydrogens is 343 g/mol. The van der Waals surface area contributed by atoms with E-state index in [1.165, 1.54) is 43.2 Å². The van der Waals surface area contributed by atoms with Crippen LogP contribution < -0.4 is 5.32 Å². The first-order chi connectivity index (χ1) is 10.6. The van der Waals surface area contributed by atoms with Gasteiger partial charge in [-0.2, -0.15) is 0 Å². The highest BCUT2D eigenvalue weighted by Gasteiger charge is 2.35. The third kappa shape index (κ3) is 5.89. The molecule has 1 unspecified atom stereocenters. The fourth-order valence-electron chi connectivity index (χ4n) is 4.05. The van der Waals surface area contributed by atoms with Crippen molar-refractivity contribution in [1.82, 2.24) is 10.2 Å². The molecule has 1 aromatic carbocycles. The fourth-order valence-corrected chi connectivity index (χ4v) is 4.05. The maximum atomic E-state index is 10.8. The summed E-state index contributed by atoms with van der Waals surface area (Å²) in [6.07, 6.45) is 7.51. The molecule has 138 valence electrons. The van der Waals surface area contributed by atoms with E-state index >= 15 is 0 Å². The van der Waals surface area contributed by atoms with Gasteiger partial charge in [0.15, 0.2) is 0 Å². The molecule has 0 amide bonds. The zero-order valence-electron chi connectivity index (χ0n) is 14.7. The number of benzene rings is 1. The van der Waals surface area contributed by atoms with Gasteiger partial charge in [0.05, 0.1) is 5.60 Å². The maximum Gasteiger partial charge on any atom is 0.0909 e. The van der Waals surface area contributed by atoms with Crippen molar-refractivity contribution in [3.05, 3.63) is 35.4 Å². The molecule has 0 bridgehead atoms. The number of β-amino-alcohol motifs (C(OH)–C–C–N with tert-alkyl or cyclic N) is 1. The van der Waals surface area contributed by atoms with Crippen molar-refractivity contribution in [3.63, 3.8) is 0 Å². The molecule has 1 saturated carbocycles. The lowest BCUT2D eigenvalue weighted by Gasteiger charge is -2.38. The average molecular weight is 375 g/mol. The number of hydrogen-bond acceptors (Lipinski definition) is 3. The molecule has 24 heavy (non-hydrogen) atoms. The highest BCUT2D eigenvalue weighted by molar-refractivity contribution is 5.85. The summed E-state index contributed by atoms with van der Waals surface area (Å²) in [5.74, 6) is 0. The van der Waals surface area contributed by atoms with Crippen molar-refractivity contribution >= 4 is 24.8 Å². The summed E-state index contributed by atoms with van der Waals surface area (Å²) in [4.78, 5) is 2.56. The van der Waals surface area contributed by atoms with Crippen molar-refractivity contribution in [2.24, 2.45) is 0 Å². The summed E-state index contributed by atoms with van der Waals surface area (Å²) in [5.41, 5.74) is 2.16. The molecule has 2 fully saturated rings. The molecule has 0 spiro atoms. The largest absolute Gasteiger partial charge is 0.387 e. The van der Waals surface area contributed by atoms with Gasteiger partial charge in [-0.25, -0.2) is 0 Å². The third-order valence-corrected chi connectivity index (χ3v) is 5.28. The topological polar surface area (TPSA) is 35.5 Å². The van der Waals surface area contributed by atoms with Gasteiger partial charge < -0.3 is 10.4 Å². The smallest absolute Gasteiger partial charge is 0.0909 e. The second kappa shape index (κ2) is 9.98. The Morgan fingerprint density at radius 2 is 1.96 bits per heavy atom. The number of aryl methyl sites for hydroxylation is 1. The van der Waals surface area contributed by atoms with Crippen LogP contribution in [0.3, 0.4) is 0 Å². The van der Waals surface area contributed by atoms with Crippen molar-refractivity contribution in [3.8, 4) is 0 Å². The Morgan fingerprint density at radius 3 is 2.58 bits per heavy atom. The van der Waals surface area contributed by atoms with Gasteiger partial charge >= 0.3 is 0 Å². The fraction of sp³-hybridized carbons (Fsp3) is 0.684. The number of rotatable bonds is 5. The predicted octanol–water partition coefficient (Wildman–Crippen LogP) is 3.70. The standard InChI is InChI=1S/C19H30N2O.2ClH/c1-16-6-5-7-17(12-16)13-21(18-8-3-2-4-9-18)15-19(22)10-11-20-14-19;;/h5-7,12,18,20,22H,2-4,8-11,13-15H2,1H3;2*1H. The molecule has 2 aliphatic rings. The van der Waals surface area contributed by atoms with Crippen LogP contribution in [0, 0.1) is 6.92 Å². The molecular formula is C19H32Cl2N2O. The molecule has 1 aliphatic heterocycles. The second-order valence-corrected chi connectivity index (χ2v) is 7.34. The quantitative estimate of drug-likeness (QED) is 0.824. The van der Waals surface area contributed by atoms with Gasteiger partial charge in [0.25, 0.3) is 0 Å². The molecule has 1 saturated heterocycles. The van der Waals surface area contributed by atoms with E-state index in [9.17, 15) is 5.11 Å². The molecule has 0 aromatic heterocycles. The van der Waals surface area contributed by atoms with Gasteiger partial charge in [-0.05, 0) is 38.3 Å². The minimum Gasteiger partial charge on any atom is -0.387 e. The molecule has 0 radical (unpaired) electrons. The Balaban J connectivity index is 0.00000144. The van der Waals surface area contributed by atoms with Crippen LogP contribution in [0.25, 0.3) is 0 Å². The number of halogens is 2. The van der Waals surface area contributed by atoms with Crippen LogP contribution >= 0.6 is 24.8 Å². The van der Waals surface area contributed by atoms with Crippen molar-refractivity contribution in [2.75, 3.05) is 19.6 Å². The molecule has 1 heterocycles. The van der Waals surface area contributed by atoms with Crippen LogP contribution in [0.2, 0.25) is 0 Å². The zero-order valence-corrected chi connectivity index (χ0v) is 16.3. The van der Waals surface area contributed by atoms with Crippen LogP contribution in [0.5, 0.6) is 0 Å². The lowest BCUT2D eigenvalue weighted by Crippen LogP contribution is -2.48. The summed E-state index contributed by atoms with van der Waals surface area (Å²) in [6, 6.07) is 9.45. The Bertz CT molecular complexity index is 486. The van der Waals surface area contributed by atoms with E-state index in [0.717, 1.165) is 32.6 Å². The van der Waals surface area contributed by atoms with Gasteiger partial charge in [0, 0.05) is 25.7 Å². The SMILES string of the molecule is Cc1cccc(CN(CC2(O)CCNC2)C2CCCCC2)c1.Cl.Cl. The molecule has 5 heteroatoms. The summed E-state index contributed by atoms with van der Waals surface area (Å²) in [5, 5.41) is 14.1. The first-order valence-electron chi connectivity index (χ1n) is 8.87. The average Bonchev–Trinajstić information content (AvgIpc) is 2.94. The summed E-state index contributed by atoms with van der Waals surface area (Å²) in [6.45, 7) is 5.61. The van der Waals surface area contributed by atoms with Gasteiger partial charge in [-0.1, -0.05) is 49.1 Å².